The molecule has 20 heavy (non-hydrogen) atoms. The number of carboxylic acids is 1. The topological polar surface area (TPSA) is 83.8 Å². The number of aliphatic carboxylic acids is 1. The maximum Gasteiger partial charge on any atom is 0.307 e. The summed E-state index contributed by atoms with van der Waals surface area (Å²) in [7, 11) is 1.47. The molecule has 6 nitrogen and oxygen atoms in total. The summed E-state index contributed by atoms with van der Waals surface area (Å²) in [5.74, 6) is -0.0292. The lowest BCUT2D eigenvalue weighted by Gasteiger charge is -2.04. The van der Waals surface area contributed by atoms with Crippen molar-refractivity contribution in [2.24, 2.45) is 5.16 Å². The lowest BCUT2D eigenvalue weighted by molar-refractivity contribution is -0.139. The van der Waals surface area contributed by atoms with E-state index in [-0.39, 0.29) is 12.5 Å². The summed E-state index contributed by atoms with van der Waals surface area (Å²) >= 11 is 2.15. The third-order valence-electron chi connectivity index (χ3n) is 2.82. The highest BCUT2D eigenvalue weighted by Crippen LogP contribution is 2.19. The van der Waals surface area contributed by atoms with Crippen LogP contribution in [0.25, 0.3) is 0 Å². The molecule has 0 aromatic carbocycles. The minimum atomic E-state index is -0.858. The molecule has 1 aliphatic rings. The lowest BCUT2D eigenvalue weighted by atomic mass is 10.1. The molecule has 0 aliphatic carbocycles. The number of oxime groups is 1. The predicted molar refractivity (Wildman–Crippen MR) is 87.0 cm³/mol. The zero-order chi connectivity index (χ0) is 14.4. The van der Waals surface area contributed by atoms with Gasteiger partial charge in [0.15, 0.2) is 0 Å². The Labute approximate surface area is 133 Å². The molecule has 2 N–H and O–H groups in total. The molecule has 0 spiro atoms. The summed E-state index contributed by atoms with van der Waals surface area (Å²) in [5.41, 5.74) is 1.88. The molecule has 0 saturated heterocycles. The van der Waals surface area contributed by atoms with Crippen molar-refractivity contribution in [3.63, 3.8) is 0 Å². The third kappa shape index (κ3) is 4.82. The fourth-order valence-corrected chi connectivity index (χ4v) is 2.80. The summed E-state index contributed by atoms with van der Waals surface area (Å²) in [5, 5.41) is 12.6. The van der Waals surface area contributed by atoms with Gasteiger partial charge in [-0.3, -0.25) is 4.79 Å². The summed E-state index contributed by atoms with van der Waals surface area (Å²) in [6.07, 6.45) is 1.78. The smallest absolute Gasteiger partial charge is 0.307 e. The first-order chi connectivity index (χ1) is 9.67. The highest BCUT2D eigenvalue weighted by atomic mass is 127. The molecule has 1 aromatic rings. The van der Waals surface area contributed by atoms with Crippen LogP contribution in [0.5, 0.6) is 0 Å². The number of carboxylic acid groups (broad SMARTS) is 1. The predicted octanol–water partition coefficient (Wildman–Crippen LogP) is 3.04. The molecular formula is C12H14IN3O3S. The van der Waals surface area contributed by atoms with Gasteiger partial charge in [-0.25, -0.2) is 4.98 Å². The van der Waals surface area contributed by atoms with E-state index in [1.54, 1.807) is 0 Å². The van der Waals surface area contributed by atoms with E-state index < -0.39 is 5.97 Å². The van der Waals surface area contributed by atoms with E-state index in [0.717, 1.165) is 30.1 Å². The van der Waals surface area contributed by atoms with E-state index in [9.17, 15) is 4.79 Å². The number of anilines is 1. The molecule has 1 aromatic heterocycles. The summed E-state index contributed by atoms with van der Waals surface area (Å²) in [6, 6.07) is 5.83. The van der Waals surface area contributed by atoms with Crippen molar-refractivity contribution >= 4 is 47.8 Å². The van der Waals surface area contributed by atoms with Crippen LogP contribution in [0.15, 0.2) is 23.4 Å². The van der Waals surface area contributed by atoms with Crippen LogP contribution >= 0.6 is 30.3 Å². The number of halogens is 1. The van der Waals surface area contributed by atoms with Crippen LogP contribution in [0, 0.1) is 0 Å². The molecule has 0 fully saturated rings. The standard InChI is InChI=1S/C12H14IN3O3S/c13-20-16-11-3-1-2-8(14-11)4-5-9-6-10(19-15-9)7-12(17)18/h1-3,10H,4-7H2,(H,14,16)(H,17,18). The van der Waals surface area contributed by atoms with Gasteiger partial charge in [-0.1, -0.05) is 11.2 Å². The SMILES string of the molecule is O=C(O)CC1CC(CCc2cccc(NSI)n2)=NO1. The van der Waals surface area contributed by atoms with E-state index in [1.165, 1.54) is 9.12 Å². The fraction of sp³-hybridized carbons (Fsp3) is 0.417. The fourth-order valence-electron chi connectivity index (χ4n) is 1.93. The number of carbonyl (C=O) groups is 1. The highest BCUT2D eigenvalue weighted by Gasteiger charge is 2.23. The van der Waals surface area contributed by atoms with Gasteiger partial charge in [0.05, 0.1) is 12.1 Å². The van der Waals surface area contributed by atoms with Gasteiger partial charge in [0.1, 0.15) is 11.9 Å². The van der Waals surface area contributed by atoms with E-state index in [4.69, 9.17) is 9.94 Å². The Balaban J connectivity index is 1.81. The Morgan fingerprint density at radius 1 is 1.55 bits per heavy atom. The molecule has 108 valence electrons. The summed E-state index contributed by atoms with van der Waals surface area (Å²) in [4.78, 5) is 20.2. The van der Waals surface area contributed by atoms with Gasteiger partial charge in [0.2, 0.25) is 0 Å². The third-order valence-corrected chi connectivity index (χ3v) is 3.76. The first-order valence-electron chi connectivity index (χ1n) is 6.10. The average Bonchev–Trinajstić information content (AvgIpc) is 2.84. The average molecular weight is 407 g/mol. The Bertz CT molecular complexity index is 512. The minimum Gasteiger partial charge on any atom is -0.481 e. The molecule has 2 rings (SSSR count). The summed E-state index contributed by atoms with van der Waals surface area (Å²) in [6.45, 7) is 0. The van der Waals surface area contributed by atoms with E-state index in [2.05, 4.69) is 36.1 Å². The number of rotatable bonds is 7. The molecule has 0 bridgehead atoms. The number of nitrogens with zero attached hydrogens (tertiary/aromatic N) is 2. The Hall–Kier alpha value is -1.03. The number of hydrogen-bond donors (Lipinski definition) is 2. The van der Waals surface area contributed by atoms with Crippen LogP contribution in [0.1, 0.15) is 25.0 Å². The van der Waals surface area contributed by atoms with Crippen LogP contribution in [0.4, 0.5) is 5.82 Å². The van der Waals surface area contributed by atoms with E-state index in [0.29, 0.717) is 6.42 Å². The monoisotopic (exact) mass is 407 g/mol. The normalized spacial score (nSPS) is 17.4. The minimum absolute atomic E-state index is 0.00244. The molecule has 8 heteroatoms. The molecule has 1 unspecified atom stereocenters. The zero-order valence-electron chi connectivity index (χ0n) is 10.6. The van der Waals surface area contributed by atoms with Crippen molar-refractivity contribution in [2.75, 3.05) is 4.72 Å². The zero-order valence-corrected chi connectivity index (χ0v) is 13.6. The second-order valence-corrected chi connectivity index (χ2v) is 6.06. The van der Waals surface area contributed by atoms with Crippen molar-refractivity contribution in [3.05, 3.63) is 23.9 Å². The van der Waals surface area contributed by atoms with Crippen LogP contribution in [0.3, 0.4) is 0 Å². The van der Waals surface area contributed by atoms with Gasteiger partial charge >= 0.3 is 5.97 Å². The van der Waals surface area contributed by atoms with Gasteiger partial charge in [-0.15, -0.1) is 0 Å². The first-order valence-corrected chi connectivity index (χ1v) is 9.46. The van der Waals surface area contributed by atoms with Crippen molar-refractivity contribution < 1.29 is 14.7 Å². The van der Waals surface area contributed by atoms with Crippen molar-refractivity contribution in [3.8, 4) is 0 Å². The van der Waals surface area contributed by atoms with Gasteiger partial charge in [0.25, 0.3) is 0 Å². The number of nitrogens with one attached hydrogen (secondary N) is 1. The summed E-state index contributed by atoms with van der Waals surface area (Å²) < 4.78 is 3.08. The first kappa shape index (κ1) is 15.4. The van der Waals surface area contributed by atoms with Gasteiger partial charge in [0, 0.05) is 42.4 Å². The molecule has 1 atom stereocenters. The number of aryl methyl sites for hydroxylation is 1. The van der Waals surface area contributed by atoms with Crippen molar-refractivity contribution in [2.45, 2.75) is 31.8 Å². The molecule has 0 saturated carbocycles. The maximum absolute atomic E-state index is 10.6. The van der Waals surface area contributed by atoms with Crippen LogP contribution in [-0.4, -0.2) is 27.9 Å². The van der Waals surface area contributed by atoms with Gasteiger partial charge < -0.3 is 14.7 Å². The van der Waals surface area contributed by atoms with Crippen molar-refractivity contribution in [1.82, 2.24) is 4.98 Å². The Kier molecular flexibility index (Phi) is 5.89. The molecular weight excluding hydrogens is 393 g/mol. The molecule has 2 heterocycles. The molecule has 1 aliphatic heterocycles. The number of aromatic nitrogens is 1. The van der Waals surface area contributed by atoms with Crippen LogP contribution < -0.4 is 4.72 Å². The number of pyridine rings is 1. The van der Waals surface area contributed by atoms with Gasteiger partial charge in [-0.2, -0.15) is 0 Å². The maximum atomic E-state index is 10.6. The largest absolute Gasteiger partial charge is 0.481 e. The second kappa shape index (κ2) is 7.67. The lowest BCUT2D eigenvalue weighted by Crippen LogP contribution is -2.13. The van der Waals surface area contributed by atoms with Crippen LogP contribution in [-0.2, 0) is 16.1 Å². The highest BCUT2D eigenvalue weighted by molar-refractivity contribution is 14.2. The molecule has 0 amide bonds. The van der Waals surface area contributed by atoms with Crippen LogP contribution in [0.2, 0.25) is 0 Å². The van der Waals surface area contributed by atoms with Crippen molar-refractivity contribution in [1.29, 1.82) is 0 Å². The second-order valence-electron chi connectivity index (χ2n) is 4.38. The van der Waals surface area contributed by atoms with E-state index in [1.807, 2.05) is 18.2 Å². The quantitative estimate of drug-likeness (QED) is 0.534. The van der Waals surface area contributed by atoms with E-state index >= 15 is 0 Å². The van der Waals surface area contributed by atoms with Gasteiger partial charge in [-0.05, 0) is 25.0 Å². The number of hydrogen-bond acceptors (Lipinski definition) is 6. The Morgan fingerprint density at radius 2 is 2.40 bits per heavy atom. The molecule has 0 radical (unpaired) electrons. The Morgan fingerprint density at radius 3 is 3.15 bits per heavy atom.